The summed E-state index contributed by atoms with van der Waals surface area (Å²) >= 11 is 0. The van der Waals surface area contributed by atoms with Gasteiger partial charge in [-0.15, -0.1) is 0 Å². The van der Waals surface area contributed by atoms with E-state index in [1.807, 2.05) is 82.4 Å². The van der Waals surface area contributed by atoms with Gasteiger partial charge in [-0.25, -0.2) is 4.79 Å². The number of cyclic esters (lactones) is 1. The number of Topliss-reactive ketones (excluding diaryl/α,β-unsaturated/α-hetero) is 1. The molecule has 13 atom stereocenters. The van der Waals surface area contributed by atoms with Crippen LogP contribution in [0.3, 0.4) is 0 Å². The fraction of sp³-hybridized carbons (Fsp3) is 0.651. The number of esters is 1. The third-order valence-electron chi connectivity index (χ3n) is 12.7. The number of carbonyl (C=O) groups excluding carboxylic acids is 3. The summed E-state index contributed by atoms with van der Waals surface area (Å²) in [6.45, 7) is 15.6. The number of carbonyl (C=O) groups is 3. The first-order valence-corrected chi connectivity index (χ1v) is 20.0. The Hall–Kier alpha value is -3.75. The second-order valence-corrected chi connectivity index (χ2v) is 17.0. The highest BCUT2D eigenvalue weighted by Crippen LogP contribution is 2.43. The number of benzene rings is 1. The van der Waals surface area contributed by atoms with Gasteiger partial charge in [0.15, 0.2) is 17.7 Å². The van der Waals surface area contributed by atoms with E-state index in [1.54, 1.807) is 31.9 Å². The van der Waals surface area contributed by atoms with Crippen molar-refractivity contribution in [1.29, 1.82) is 0 Å². The number of aliphatic hydroxyl groups is 1. The number of aliphatic imine (C=N–C) groups is 1. The van der Waals surface area contributed by atoms with Crippen LogP contribution in [0.25, 0.3) is 16.8 Å². The Kier molecular flexibility index (Phi) is 12.4. The summed E-state index contributed by atoms with van der Waals surface area (Å²) in [5.74, 6) is -3.73. The topological polar surface area (TPSA) is 149 Å². The molecule has 4 aliphatic rings. The van der Waals surface area contributed by atoms with Crippen LogP contribution in [0.5, 0.6) is 0 Å². The molecule has 3 saturated heterocycles. The Morgan fingerprint density at radius 3 is 2.54 bits per heavy atom. The molecule has 1 N–H and O–H groups in total. The summed E-state index contributed by atoms with van der Waals surface area (Å²) in [7, 11) is 3.81. The van der Waals surface area contributed by atoms with E-state index in [1.165, 1.54) is 6.92 Å². The van der Waals surface area contributed by atoms with Crippen LogP contribution in [-0.4, -0.2) is 131 Å². The monoisotopic (exact) mass is 776 g/mol. The third kappa shape index (κ3) is 8.02. The zero-order chi connectivity index (χ0) is 40.7. The summed E-state index contributed by atoms with van der Waals surface area (Å²) in [4.78, 5) is 54.7. The van der Waals surface area contributed by atoms with E-state index in [-0.39, 0.29) is 30.6 Å². The van der Waals surface area contributed by atoms with Crippen molar-refractivity contribution in [3.8, 4) is 0 Å². The number of fused-ring (bicyclic) bond motifs is 2. The van der Waals surface area contributed by atoms with Crippen molar-refractivity contribution in [1.82, 2.24) is 14.8 Å². The number of ketones is 1. The van der Waals surface area contributed by atoms with Gasteiger partial charge in [0.2, 0.25) is 0 Å². The lowest BCUT2D eigenvalue weighted by atomic mass is 9.73. The van der Waals surface area contributed by atoms with Crippen molar-refractivity contribution in [3.63, 3.8) is 0 Å². The van der Waals surface area contributed by atoms with Gasteiger partial charge in [-0.3, -0.25) is 24.5 Å². The molecule has 13 heteroatoms. The van der Waals surface area contributed by atoms with Gasteiger partial charge in [0, 0.05) is 47.9 Å². The van der Waals surface area contributed by atoms with Crippen LogP contribution in [-0.2, 0) is 33.3 Å². The molecule has 1 aromatic carbocycles. The van der Waals surface area contributed by atoms with Gasteiger partial charge in [0.05, 0.1) is 37.0 Å². The maximum Gasteiger partial charge on any atom is 0.410 e. The Balaban J connectivity index is 1.42. The Labute approximate surface area is 330 Å². The molecule has 6 rings (SSSR count). The predicted molar refractivity (Wildman–Crippen MR) is 212 cm³/mol. The van der Waals surface area contributed by atoms with Crippen molar-refractivity contribution in [2.24, 2.45) is 28.7 Å². The number of aliphatic hydroxyl groups excluding tert-OH is 1. The molecular weight excluding hydrogens is 716 g/mol. The van der Waals surface area contributed by atoms with Gasteiger partial charge in [0.25, 0.3) is 0 Å². The standard InChI is InChI=1S/C43H60N4O9/c1-24-22-42(7,52-20-12-15-30-13-11-14-31-23-44-17-16-32(30)31)38(55-40-36(49)33(46(9)10)21-25(2)53-40)27(4)35(48)28(5)39(50)54-29(6)43(8)37-26(3)34(24)45-18-19-47(37)41(51)56-43/h11-17,23-29,33,36-38,40,49H,18-22H2,1-10H3/b15-12+/t24-,25+,26+,27+,28-,29-,33-,36?,37-,38-,40-,42+,43-/m1/s1. The van der Waals surface area contributed by atoms with Gasteiger partial charge in [-0.1, -0.05) is 51.1 Å². The Morgan fingerprint density at radius 1 is 1.05 bits per heavy atom. The first kappa shape index (κ1) is 41.9. The Bertz CT molecular complexity index is 1830. The zero-order valence-corrected chi connectivity index (χ0v) is 34.5. The van der Waals surface area contributed by atoms with Crippen LogP contribution in [0.1, 0.15) is 73.8 Å². The van der Waals surface area contributed by atoms with Crippen LogP contribution in [0.2, 0.25) is 0 Å². The highest BCUT2D eigenvalue weighted by atomic mass is 16.7. The van der Waals surface area contributed by atoms with Crippen molar-refractivity contribution < 1.29 is 43.2 Å². The van der Waals surface area contributed by atoms with Gasteiger partial charge in [-0.2, -0.15) is 0 Å². The zero-order valence-electron chi connectivity index (χ0n) is 34.5. The normalized spacial score (nSPS) is 38.6. The number of amides is 1. The predicted octanol–water partition coefficient (Wildman–Crippen LogP) is 5.32. The molecule has 4 aliphatic heterocycles. The average Bonchev–Trinajstić information content (AvgIpc) is 3.29. The van der Waals surface area contributed by atoms with Gasteiger partial charge in [0.1, 0.15) is 18.1 Å². The van der Waals surface area contributed by atoms with E-state index >= 15 is 0 Å². The van der Waals surface area contributed by atoms with Crippen LogP contribution in [0.4, 0.5) is 4.79 Å². The molecule has 1 aromatic heterocycles. The highest BCUT2D eigenvalue weighted by molar-refractivity contribution is 6.00. The molecule has 0 spiro atoms. The summed E-state index contributed by atoms with van der Waals surface area (Å²) in [5.41, 5.74) is -0.522. The first-order chi connectivity index (χ1) is 26.5. The molecular formula is C43H60N4O9. The number of pyridine rings is 1. The molecule has 5 heterocycles. The van der Waals surface area contributed by atoms with E-state index in [0.717, 1.165) is 22.0 Å². The summed E-state index contributed by atoms with van der Waals surface area (Å²) in [6, 6.07) is 7.26. The number of nitrogens with zero attached hydrogens (tertiary/aromatic N) is 4. The third-order valence-corrected chi connectivity index (χ3v) is 12.7. The minimum Gasteiger partial charge on any atom is -0.458 e. The van der Waals surface area contributed by atoms with E-state index in [0.29, 0.717) is 25.9 Å². The van der Waals surface area contributed by atoms with E-state index < -0.39 is 71.5 Å². The molecule has 2 bridgehead atoms. The van der Waals surface area contributed by atoms with Crippen LogP contribution < -0.4 is 0 Å². The van der Waals surface area contributed by atoms with Crippen LogP contribution in [0.15, 0.2) is 47.7 Å². The molecule has 1 amide bonds. The number of ether oxygens (including phenoxy) is 5. The van der Waals surface area contributed by atoms with E-state index in [2.05, 4.69) is 11.9 Å². The van der Waals surface area contributed by atoms with E-state index in [9.17, 15) is 19.5 Å². The number of aromatic nitrogens is 1. The summed E-state index contributed by atoms with van der Waals surface area (Å²) in [6.07, 6.45) is 3.79. The summed E-state index contributed by atoms with van der Waals surface area (Å²) in [5, 5.41) is 13.7. The molecule has 3 fully saturated rings. The number of hydrogen-bond donors (Lipinski definition) is 1. The molecule has 1 unspecified atom stereocenters. The number of hydrogen-bond acceptors (Lipinski definition) is 12. The maximum absolute atomic E-state index is 14.5. The van der Waals surface area contributed by atoms with Crippen molar-refractivity contribution in [2.75, 3.05) is 33.8 Å². The first-order valence-electron chi connectivity index (χ1n) is 20.0. The van der Waals surface area contributed by atoms with Crippen molar-refractivity contribution in [3.05, 3.63) is 48.3 Å². The highest BCUT2D eigenvalue weighted by Gasteiger charge is 2.59. The quantitative estimate of drug-likeness (QED) is 0.288. The molecule has 2 aromatic rings. The maximum atomic E-state index is 14.5. The fourth-order valence-corrected chi connectivity index (χ4v) is 9.57. The van der Waals surface area contributed by atoms with Crippen LogP contribution >= 0.6 is 0 Å². The molecule has 306 valence electrons. The number of likely N-dealkylation sites (N-methyl/N-ethyl adjacent to an activating group) is 1. The SMILES string of the molecule is C[C@H]1C(=O)O[C@H](C)[C@@]2(C)OC(=O)N3CCN=C([C@H](C)C[C@](C)(OC/C=C/c4cccc5cnccc45)[C@H](O[C@H]4O[C@@H](C)C[C@@H](N(C)C)C4O)[C@@H](C)C1=O)[C@H](C)[C@@H]32. The molecule has 56 heavy (non-hydrogen) atoms. The fourth-order valence-electron chi connectivity index (χ4n) is 9.57. The lowest BCUT2D eigenvalue weighted by Crippen LogP contribution is -2.60. The number of rotatable bonds is 7. The Morgan fingerprint density at radius 2 is 1.80 bits per heavy atom. The lowest BCUT2D eigenvalue weighted by Gasteiger charge is -2.47. The van der Waals surface area contributed by atoms with Crippen molar-refractivity contribution in [2.45, 2.75) is 122 Å². The minimum atomic E-state index is -1.20. The molecule has 0 radical (unpaired) electrons. The lowest BCUT2D eigenvalue weighted by molar-refractivity contribution is -0.296. The minimum absolute atomic E-state index is 0.157. The largest absolute Gasteiger partial charge is 0.458 e. The second-order valence-electron chi connectivity index (χ2n) is 17.0. The smallest absolute Gasteiger partial charge is 0.410 e. The molecule has 13 nitrogen and oxygen atoms in total. The van der Waals surface area contributed by atoms with E-state index in [4.69, 9.17) is 28.7 Å². The molecule has 0 saturated carbocycles. The van der Waals surface area contributed by atoms with Gasteiger partial charge < -0.3 is 33.7 Å². The van der Waals surface area contributed by atoms with Crippen LogP contribution in [0, 0.1) is 23.7 Å². The van der Waals surface area contributed by atoms with Crippen molar-refractivity contribution >= 4 is 40.4 Å². The molecule has 0 aliphatic carbocycles. The van der Waals surface area contributed by atoms with Gasteiger partial charge >= 0.3 is 12.1 Å². The average molecular weight is 777 g/mol. The second kappa shape index (κ2) is 16.6. The summed E-state index contributed by atoms with van der Waals surface area (Å²) < 4.78 is 32.1. The van der Waals surface area contributed by atoms with Gasteiger partial charge in [-0.05, 0) is 84.5 Å².